The van der Waals surface area contributed by atoms with E-state index in [1.165, 1.54) is 5.56 Å². The quantitative estimate of drug-likeness (QED) is 0.698. The fraction of sp³-hybridized carbons (Fsp3) is 0.167. The van der Waals surface area contributed by atoms with Gasteiger partial charge < -0.3 is 5.11 Å². The van der Waals surface area contributed by atoms with Crippen molar-refractivity contribution >= 4 is 6.08 Å². The first-order valence-corrected chi connectivity index (χ1v) is 4.27. The Bertz CT molecular complexity index is 324. The van der Waals surface area contributed by atoms with Crippen LogP contribution in [0.5, 0.6) is 0 Å². The van der Waals surface area contributed by atoms with Gasteiger partial charge in [0.15, 0.2) is 0 Å². The molecule has 0 saturated heterocycles. The second-order valence-electron chi connectivity index (χ2n) is 2.94. The Morgan fingerprint density at radius 1 is 1.46 bits per heavy atom. The van der Waals surface area contributed by atoms with E-state index in [1.54, 1.807) is 6.08 Å². The molecule has 0 spiro atoms. The van der Waals surface area contributed by atoms with Gasteiger partial charge in [0.05, 0.1) is 6.61 Å². The smallest absolute Gasteiger partial charge is 0.0681 e. The molecule has 0 saturated carbocycles. The summed E-state index contributed by atoms with van der Waals surface area (Å²) >= 11 is 0. The number of aryl methyl sites for hydroxylation is 1. The van der Waals surface area contributed by atoms with Crippen LogP contribution in [0.1, 0.15) is 11.1 Å². The molecule has 0 fully saturated rings. The molecule has 0 radical (unpaired) electrons. The van der Waals surface area contributed by atoms with E-state index < -0.39 is 0 Å². The van der Waals surface area contributed by atoms with Crippen molar-refractivity contribution in [2.45, 2.75) is 6.92 Å². The lowest BCUT2D eigenvalue weighted by molar-refractivity contribution is 0.336. The van der Waals surface area contributed by atoms with E-state index in [4.69, 9.17) is 5.11 Å². The topological polar surface area (TPSA) is 20.2 Å². The lowest BCUT2D eigenvalue weighted by atomic mass is 10.1. The van der Waals surface area contributed by atoms with E-state index in [0.29, 0.717) is 0 Å². The summed E-state index contributed by atoms with van der Waals surface area (Å²) in [5.74, 6) is 0. The van der Waals surface area contributed by atoms with Crippen molar-refractivity contribution < 1.29 is 5.11 Å². The Morgan fingerprint density at radius 2 is 2.15 bits per heavy atom. The maximum Gasteiger partial charge on any atom is 0.0681 e. The van der Waals surface area contributed by atoms with Crippen LogP contribution in [0, 0.1) is 6.92 Å². The SMILES string of the molecule is C=C/C(=C\c1ccccc1C)CO. The predicted octanol–water partition coefficient (Wildman–Crippen LogP) is 2.56. The molecule has 1 heteroatoms. The standard InChI is InChI=1S/C12H14O/c1-3-11(9-13)8-12-7-5-4-6-10(12)2/h3-8,13H,1,9H2,2H3/b11-8+. The fourth-order valence-electron chi connectivity index (χ4n) is 1.12. The first kappa shape index (κ1) is 9.75. The zero-order chi connectivity index (χ0) is 9.68. The van der Waals surface area contributed by atoms with E-state index >= 15 is 0 Å². The molecule has 0 aliphatic carbocycles. The van der Waals surface area contributed by atoms with Crippen LogP contribution in [-0.4, -0.2) is 11.7 Å². The summed E-state index contributed by atoms with van der Waals surface area (Å²) in [6, 6.07) is 8.05. The van der Waals surface area contributed by atoms with Gasteiger partial charge in [-0.15, -0.1) is 0 Å². The number of aliphatic hydroxyl groups is 1. The fourth-order valence-corrected chi connectivity index (χ4v) is 1.12. The molecule has 0 amide bonds. The third kappa shape index (κ3) is 2.56. The van der Waals surface area contributed by atoms with Crippen LogP contribution < -0.4 is 0 Å². The van der Waals surface area contributed by atoms with Gasteiger partial charge in [0.1, 0.15) is 0 Å². The first-order valence-electron chi connectivity index (χ1n) is 4.27. The summed E-state index contributed by atoms with van der Waals surface area (Å²) < 4.78 is 0. The van der Waals surface area contributed by atoms with Gasteiger partial charge in [-0.05, 0) is 29.7 Å². The highest BCUT2D eigenvalue weighted by atomic mass is 16.3. The Labute approximate surface area is 79.0 Å². The van der Waals surface area contributed by atoms with Gasteiger partial charge in [-0.2, -0.15) is 0 Å². The Kier molecular flexibility index (Phi) is 3.47. The Morgan fingerprint density at radius 3 is 2.69 bits per heavy atom. The van der Waals surface area contributed by atoms with Crippen molar-refractivity contribution in [1.29, 1.82) is 0 Å². The molecule has 1 N–H and O–H groups in total. The van der Waals surface area contributed by atoms with Crippen molar-refractivity contribution in [3.05, 3.63) is 53.6 Å². The Balaban J connectivity index is 3.02. The molecule has 0 unspecified atom stereocenters. The molecule has 0 aliphatic rings. The molecular weight excluding hydrogens is 160 g/mol. The van der Waals surface area contributed by atoms with Crippen molar-refractivity contribution in [2.24, 2.45) is 0 Å². The number of hydrogen-bond acceptors (Lipinski definition) is 1. The second-order valence-corrected chi connectivity index (χ2v) is 2.94. The summed E-state index contributed by atoms with van der Waals surface area (Å²) in [5, 5.41) is 8.94. The minimum absolute atomic E-state index is 0.0395. The summed E-state index contributed by atoms with van der Waals surface area (Å²) in [4.78, 5) is 0. The second kappa shape index (κ2) is 4.63. The monoisotopic (exact) mass is 174 g/mol. The van der Waals surface area contributed by atoms with Crippen LogP contribution in [0.15, 0.2) is 42.5 Å². The van der Waals surface area contributed by atoms with Crippen LogP contribution >= 0.6 is 0 Å². The van der Waals surface area contributed by atoms with Gasteiger partial charge in [-0.3, -0.25) is 0 Å². The highest BCUT2D eigenvalue weighted by Gasteiger charge is 1.94. The van der Waals surface area contributed by atoms with Crippen molar-refractivity contribution in [1.82, 2.24) is 0 Å². The van der Waals surface area contributed by atoms with E-state index in [-0.39, 0.29) is 6.61 Å². The molecule has 0 heterocycles. The van der Waals surface area contributed by atoms with Crippen LogP contribution in [0.25, 0.3) is 6.08 Å². The first-order chi connectivity index (χ1) is 6.27. The summed E-state index contributed by atoms with van der Waals surface area (Å²) in [5.41, 5.74) is 3.18. The number of hydrogen-bond donors (Lipinski definition) is 1. The lowest BCUT2D eigenvalue weighted by Crippen LogP contribution is -1.87. The van der Waals surface area contributed by atoms with E-state index in [9.17, 15) is 0 Å². The van der Waals surface area contributed by atoms with Crippen molar-refractivity contribution in [2.75, 3.05) is 6.61 Å². The lowest BCUT2D eigenvalue weighted by Gasteiger charge is -2.01. The largest absolute Gasteiger partial charge is 0.392 e. The molecule has 0 atom stereocenters. The molecule has 68 valence electrons. The summed E-state index contributed by atoms with van der Waals surface area (Å²) in [6.07, 6.45) is 3.62. The highest BCUT2D eigenvalue weighted by Crippen LogP contribution is 2.11. The number of aliphatic hydroxyl groups excluding tert-OH is 1. The van der Waals surface area contributed by atoms with Gasteiger partial charge in [0, 0.05) is 0 Å². The normalized spacial score (nSPS) is 11.4. The average Bonchev–Trinajstić information content (AvgIpc) is 2.17. The molecule has 0 aromatic heterocycles. The minimum Gasteiger partial charge on any atom is -0.392 e. The molecule has 1 rings (SSSR count). The summed E-state index contributed by atoms with van der Waals surface area (Å²) in [7, 11) is 0. The van der Waals surface area contributed by atoms with Crippen LogP contribution in [0.2, 0.25) is 0 Å². The molecule has 0 bridgehead atoms. The maximum atomic E-state index is 8.94. The maximum absolute atomic E-state index is 8.94. The number of benzene rings is 1. The molecule has 13 heavy (non-hydrogen) atoms. The number of rotatable bonds is 3. The van der Waals surface area contributed by atoms with Gasteiger partial charge >= 0.3 is 0 Å². The van der Waals surface area contributed by atoms with E-state index in [1.807, 2.05) is 37.3 Å². The van der Waals surface area contributed by atoms with Crippen LogP contribution in [-0.2, 0) is 0 Å². The van der Waals surface area contributed by atoms with Gasteiger partial charge in [0.2, 0.25) is 0 Å². The summed E-state index contributed by atoms with van der Waals surface area (Å²) in [6.45, 7) is 5.71. The van der Waals surface area contributed by atoms with Gasteiger partial charge in [-0.25, -0.2) is 0 Å². The van der Waals surface area contributed by atoms with Crippen LogP contribution in [0.4, 0.5) is 0 Å². The molecule has 0 aliphatic heterocycles. The molecule has 1 nitrogen and oxygen atoms in total. The van der Waals surface area contributed by atoms with Crippen molar-refractivity contribution in [3.63, 3.8) is 0 Å². The minimum atomic E-state index is 0.0395. The zero-order valence-electron chi connectivity index (χ0n) is 7.83. The molecule has 1 aromatic carbocycles. The average molecular weight is 174 g/mol. The zero-order valence-corrected chi connectivity index (χ0v) is 7.83. The molecular formula is C12H14O. The van der Waals surface area contributed by atoms with Crippen LogP contribution in [0.3, 0.4) is 0 Å². The van der Waals surface area contributed by atoms with Gasteiger partial charge in [0.25, 0.3) is 0 Å². The van der Waals surface area contributed by atoms with Crippen molar-refractivity contribution in [3.8, 4) is 0 Å². The van der Waals surface area contributed by atoms with E-state index in [0.717, 1.165) is 11.1 Å². The predicted molar refractivity (Wildman–Crippen MR) is 56.4 cm³/mol. The van der Waals surface area contributed by atoms with E-state index in [2.05, 4.69) is 6.58 Å². The van der Waals surface area contributed by atoms with Gasteiger partial charge in [-0.1, -0.05) is 36.9 Å². The Hall–Kier alpha value is -1.34. The third-order valence-electron chi connectivity index (χ3n) is 1.97. The molecule has 1 aromatic rings. The third-order valence-corrected chi connectivity index (χ3v) is 1.97. The highest BCUT2D eigenvalue weighted by molar-refractivity contribution is 5.58.